The summed E-state index contributed by atoms with van der Waals surface area (Å²) in [4.78, 5) is 30.8. The monoisotopic (exact) mass is 491 g/mol. The van der Waals surface area contributed by atoms with E-state index >= 15 is 0 Å². The Hall–Kier alpha value is -3.65. The summed E-state index contributed by atoms with van der Waals surface area (Å²) in [6.45, 7) is 4.06. The first-order valence-corrected chi connectivity index (χ1v) is 12.2. The first kappa shape index (κ1) is 24.5. The maximum absolute atomic E-state index is 14.7. The summed E-state index contributed by atoms with van der Waals surface area (Å²) in [6.07, 6.45) is 0. The molecule has 1 aromatic heterocycles. The van der Waals surface area contributed by atoms with Crippen molar-refractivity contribution in [2.45, 2.75) is 25.0 Å². The molecule has 0 fully saturated rings. The normalized spacial score (nSPS) is 12.0. The average molecular weight is 492 g/mol. The van der Waals surface area contributed by atoms with Gasteiger partial charge in [0.25, 0.3) is 5.56 Å². The lowest BCUT2D eigenvalue weighted by molar-refractivity contribution is -0.119. The number of thioether (sulfide) groups is 1. The fraction of sp³-hybridized carbons (Fsp3) is 0.222. The number of halogens is 1. The molecule has 4 rings (SSSR count). The summed E-state index contributed by atoms with van der Waals surface area (Å²) in [6, 6.07) is 20.3. The molecule has 0 saturated heterocycles. The van der Waals surface area contributed by atoms with Crippen LogP contribution in [0.2, 0.25) is 0 Å². The summed E-state index contributed by atoms with van der Waals surface area (Å²) in [7, 11) is 1.61. The third-order valence-corrected chi connectivity index (χ3v) is 6.57. The van der Waals surface area contributed by atoms with Gasteiger partial charge in [-0.15, -0.1) is 0 Å². The maximum Gasteiger partial charge on any atom is 0.266 e. The number of carbonyl (C=O) groups is 1. The molecule has 4 aromatic rings. The van der Waals surface area contributed by atoms with Crippen LogP contribution in [0.15, 0.2) is 82.7 Å². The van der Waals surface area contributed by atoms with Gasteiger partial charge in [-0.1, -0.05) is 62.0 Å². The summed E-state index contributed by atoms with van der Waals surface area (Å²) < 4.78 is 21.1. The van der Waals surface area contributed by atoms with E-state index in [4.69, 9.17) is 4.74 Å². The van der Waals surface area contributed by atoms with Crippen molar-refractivity contribution in [2.24, 2.45) is 5.92 Å². The van der Waals surface area contributed by atoms with Crippen LogP contribution in [0.5, 0.6) is 5.75 Å². The molecule has 180 valence electrons. The molecule has 0 aliphatic heterocycles. The van der Waals surface area contributed by atoms with E-state index in [-0.39, 0.29) is 40.0 Å². The van der Waals surface area contributed by atoms with Gasteiger partial charge in [-0.3, -0.25) is 14.2 Å². The van der Waals surface area contributed by atoms with Crippen molar-refractivity contribution in [3.8, 4) is 11.4 Å². The van der Waals surface area contributed by atoms with Gasteiger partial charge in [-0.2, -0.15) is 0 Å². The highest BCUT2D eigenvalue weighted by molar-refractivity contribution is 7.99. The topological polar surface area (TPSA) is 73.2 Å². The molecule has 0 spiro atoms. The minimum atomic E-state index is -0.544. The van der Waals surface area contributed by atoms with Crippen LogP contribution < -0.4 is 15.6 Å². The molecule has 6 nitrogen and oxygen atoms in total. The second-order valence-corrected chi connectivity index (χ2v) is 9.30. The number of aromatic nitrogens is 2. The largest absolute Gasteiger partial charge is 0.497 e. The van der Waals surface area contributed by atoms with Crippen LogP contribution in [0, 0.1) is 11.7 Å². The molecule has 0 aliphatic rings. The van der Waals surface area contributed by atoms with Crippen molar-refractivity contribution in [3.05, 3.63) is 94.5 Å². The number of amides is 1. The highest BCUT2D eigenvalue weighted by atomic mass is 32.2. The quantitative estimate of drug-likeness (QED) is 0.273. The molecule has 0 saturated carbocycles. The number of ether oxygens (including phenoxy) is 1. The molecule has 1 unspecified atom stereocenters. The van der Waals surface area contributed by atoms with Crippen LogP contribution >= 0.6 is 11.8 Å². The number of nitrogens with one attached hydrogen (secondary N) is 1. The lowest BCUT2D eigenvalue weighted by Crippen LogP contribution is -2.33. The van der Waals surface area contributed by atoms with Gasteiger partial charge in [0, 0.05) is 0 Å². The highest BCUT2D eigenvalue weighted by Crippen LogP contribution is 2.26. The molecule has 3 aromatic carbocycles. The molecule has 0 bridgehead atoms. The zero-order chi connectivity index (χ0) is 24.9. The third kappa shape index (κ3) is 5.38. The van der Waals surface area contributed by atoms with Crippen LogP contribution in [-0.2, 0) is 4.79 Å². The van der Waals surface area contributed by atoms with E-state index < -0.39 is 5.82 Å². The van der Waals surface area contributed by atoms with Crippen molar-refractivity contribution in [1.82, 2.24) is 14.9 Å². The number of hydrogen-bond donors (Lipinski definition) is 1. The third-order valence-electron chi connectivity index (χ3n) is 5.63. The lowest BCUT2D eigenvalue weighted by atomic mass is 9.96. The van der Waals surface area contributed by atoms with Gasteiger partial charge >= 0.3 is 0 Å². The van der Waals surface area contributed by atoms with E-state index in [0.29, 0.717) is 10.9 Å². The van der Waals surface area contributed by atoms with Gasteiger partial charge in [-0.25, -0.2) is 9.37 Å². The van der Waals surface area contributed by atoms with Crippen molar-refractivity contribution in [2.75, 3.05) is 12.9 Å². The SMILES string of the molecule is COc1ccc(C(NC(=O)CSc2nc3ccccc3c(=O)n2-c2ccccc2F)C(C)C)cc1. The Balaban J connectivity index is 1.61. The molecule has 1 atom stereocenters. The van der Waals surface area contributed by atoms with Crippen LogP contribution in [0.3, 0.4) is 0 Å². The van der Waals surface area contributed by atoms with Crippen LogP contribution in [0.4, 0.5) is 4.39 Å². The smallest absolute Gasteiger partial charge is 0.266 e. The first-order valence-electron chi connectivity index (χ1n) is 11.2. The predicted molar refractivity (Wildman–Crippen MR) is 137 cm³/mol. The van der Waals surface area contributed by atoms with Crippen molar-refractivity contribution < 1.29 is 13.9 Å². The van der Waals surface area contributed by atoms with E-state index in [1.54, 1.807) is 43.5 Å². The van der Waals surface area contributed by atoms with Crippen molar-refractivity contribution in [1.29, 1.82) is 0 Å². The number of rotatable bonds is 8. The first-order chi connectivity index (χ1) is 16.9. The molecule has 1 amide bonds. The standard InChI is InChI=1S/C27H26FN3O3S/c1-17(2)25(18-12-14-19(34-3)15-13-18)30-24(32)16-35-27-29-22-10-6-4-8-20(22)26(33)31(27)23-11-7-5-9-21(23)28/h4-15,17,25H,16H2,1-3H3,(H,30,32). The van der Waals surface area contributed by atoms with Gasteiger partial charge < -0.3 is 10.1 Å². The Bertz CT molecular complexity index is 1400. The Labute approximate surface area is 207 Å². The van der Waals surface area contributed by atoms with Gasteiger partial charge in [-0.05, 0) is 47.9 Å². The Morgan fingerprint density at radius 3 is 2.43 bits per heavy atom. The summed E-state index contributed by atoms with van der Waals surface area (Å²) in [5, 5.41) is 3.70. The van der Waals surface area contributed by atoms with Crippen molar-refractivity contribution >= 4 is 28.6 Å². The van der Waals surface area contributed by atoms with Gasteiger partial charge in [0.1, 0.15) is 11.6 Å². The van der Waals surface area contributed by atoms with E-state index in [2.05, 4.69) is 10.3 Å². The Morgan fingerprint density at radius 2 is 1.74 bits per heavy atom. The second kappa shape index (κ2) is 10.7. The number of benzene rings is 3. The van der Waals surface area contributed by atoms with E-state index in [1.165, 1.54) is 16.7 Å². The van der Waals surface area contributed by atoms with Crippen LogP contribution in [0.25, 0.3) is 16.6 Å². The predicted octanol–water partition coefficient (Wildman–Crippen LogP) is 5.14. The number of para-hydroxylation sites is 2. The van der Waals surface area contributed by atoms with Gasteiger partial charge in [0.15, 0.2) is 5.16 Å². The number of fused-ring (bicyclic) bond motifs is 1. The fourth-order valence-electron chi connectivity index (χ4n) is 3.85. The lowest BCUT2D eigenvalue weighted by Gasteiger charge is -2.23. The maximum atomic E-state index is 14.7. The molecule has 1 heterocycles. The van der Waals surface area contributed by atoms with Crippen LogP contribution in [-0.4, -0.2) is 28.3 Å². The highest BCUT2D eigenvalue weighted by Gasteiger charge is 2.21. The van der Waals surface area contributed by atoms with Gasteiger partial charge in [0.05, 0.1) is 35.5 Å². The fourth-order valence-corrected chi connectivity index (χ4v) is 4.66. The molecule has 1 N–H and O–H groups in total. The average Bonchev–Trinajstić information content (AvgIpc) is 2.87. The number of methoxy groups -OCH3 is 1. The van der Waals surface area contributed by atoms with E-state index in [0.717, 1.165) is 23.1 Å². The minimum absolute atomic E-state index is 0.0125. The molecular formula is C27H26FN3O3S. The number of nitrogens with zero attached hydrogens (tertiary/aromatic N) is 2. The number of carbonyl (C=O) groups excluding carboxylic acids is 1. The number of hydrogen-bond acceptors (Lipinski definition) is 5. The summed E-state index contributed by atoms with van der Waals surface area (Å²) >= 11 is 1.10. The molecule has 0 radical (unpaired) electrons. The second-order valence-electron chi connectivity index (χ2n) is 8.35. The Kier molecular flexibility index (Phi) is 7.51. The van der Waals surface area contributed by atoms with Gasteiger partial charge in [0.2, 0.25) is 5.91 Å². The van der Waals surface area contributed by atoms with E-state index in [1.807, 2.05) is 38.1 Å². The molecule has 35 heavy (non-hydrogen) atoms. The minimum Gasteiger partial charge on any atom is -0.497 e. The Morgan fingerprint density at radius 1 is 1.06 bits per heavy atom. The molecule has 0 aliphatic carbocycles. The summed E-state index contributed by atoms with van der Waals surface area (Å²) in [5.74, 6) is 0.141. The zero-order valence-corrected chi connectivity index (χ0v) is 20.5. The summed E-state index contributed by atoms with van der Waals surface area (Å²) in [5.41, 5.74) is 1.16. The zero-order valence-electron chi connectivity index (χ0n) is 19.7. The molecule has 8 heteroatoms. The molecular weight excluding hydrogens is 465 g/mol. The van der Waals surface area contributed by atoms with E-state index in [9.17, 15) is 14.0 Å². The van der Waals surface area contributed by atoms with Crippen molar-refractivity contribution in [3.63, 3.8) is 0 Å². The van der Waals surface area contributed by atoms with Crippen LogP contribution in [0.1, 0.15) is 25.5 Å².